The highest BCUT2D eigenvalue weighted by molar-refractivity contribution is 7.46. The molecule has 0 aliphatic rings. The molecular weight excluding hydrogens is 871 g/mol. The third-order valence-corrected chi connectivity index (χ3v) is 8.80. The number of hydrogen-bond acceptors (Lipinski definition) is 15. The maximum absolute atomic E-state index is 13.8. The van der Waals surface area contributed by atoms with Crippen LogP contribution in [-0.4, -0.2) is 149 Å². The highest BCUT2D eigenvalue weighted by Gasteiger charge is 2.35. The molecule has 28 nitrogen and oxygen atoms in total. The predicted molar refractivity (Wildman–Crippen MR) is 207 cm³/mol. The summed E-state index contributed by atoms with van der Waals surface area (Å²) in [6.45, 7) is 2.13. The maximum Gasteiger partial charge on any atom is 0.524 e. The number of phosphoric ester groups is 1. The van der Waals surface area contributed by atoms with Crippen LogP contribution in [0.2, 0.25) is 0 Å². The second-order valence-corrected chi connectivity index (χ2v) is 14.9. The number of nitrogens with one attached hydrogen (secondary N) is 6. The first-order valence-electron chi connectivity index (χ1n) is 18.4. The molecule has 0 radical (unpaired) electrons. The number of hydrogen-bond donors (Lipinski definition) is 15. The molecule has 0 aliphatic carbocycles. The van der Waals surface area contributed by atoms with Crippen LogP contribution in [0.25, 0.3) is 0 Å². The van der Waals surface area contributed by atoms with Crippen molar-refractivity contribution in [2.45, 2.75) is 107 Å². The Morgan fingerprint density at radius 3 is 1.56 bits per heavy atom. The number of carboxylic acids is 4. The fourth-order valence-corrected chi connectivity index (χ4v) is 5.53. The first kappa shape index (κ1) is 54.3. The summed E-state index contributed by atoms with van der Waals surface area (Å²) in [6.07, 6.45) is -6.99. The van der Waals surface area contributed by atoms with Gasteiger partial charge in [-0.3, -0.25) is 62.5 Å². The van der Waals surface area contributed by atoms with Crippen molar-refractivity contribution in [3.63, 3.8) is 0 Å². The first-order chi connectivity index (χ1) is 29.1. The minimum Gasteiger partial charge on any atom is -0.481 e. The molecule has 8 atom stereocenters. The van der Waals surface area contributed by atoms with E-state index in [0.717, 1.165) is 26.0 Å². The first-order valence-corrected chi connectivity index (χ1v) is 19.9. The van der Waals surface area contributed by atoms with Gasteiger partial charge in [-0.1, -0.05) is 12.1 Å². The Morgan fingerprint density at radius 1 is 0.619 bits per heavy atom. The van der Waals surface area contributed by atoms with E-state index in [-0.39, 0.29) is 11.3 Å². The number of carboxylic acid groups (broad SMARTS) is 4. The Hall–Kier alpha value is -6.74. The molecule has 7 amide bonds. The van der Waals surface area contributed by atoms with Gasteiger partial charge < -0.3 is 73.4 Å². The molecular formula is C34H49N8O20P. The molecule has 63 heavy (non-hydrogen) atoms. The molecule has 0 unspecified atom stereocenters. The average Bonchev–Trinajstić information content (AvgIpc) is 3.15. The maximum atomic E-state index is 13.8. The highest BCUT2D eigenvalue weighted by Crippen LogP contribution is 2.37. The number of aliphatic hydroxyl groups excluding tert-OH is 1. The third kappa shape index (κ3) is 21.1. The van der Waals surface area contributed by atoms with Gasteiger partial charge in [0.25, 0.3) is 0 Å². The Balaban J connectivity index is 3.57. The van der Waals surface area contributed by atoms with Gasteiger partial charge in [0, 0.05) is 19.3 Å². The fourth-order valence-electron chi connectivity index (χ4n) is 5.13. The zero-order valence-corrected chi connectivity index (χ0v) is 34.3. The highest BCUT2D eigenvalue weighted by atomic mass is 31.2. The molecule has 0 saturated carbocycles. The second-order valence-electron chi connectivity index (χ2n) is 13.7. The van der Waals surface area contributed by atoms with E-state index in [0.29, 0.717) is 0 Å². The molecule has 17 N–H and O–H groups in total. The van der Waals surface area contributed by atoms with Crippen LogP contribution in [-0.2, 0) is 63.7 Å². The van der Waals surface area contributed by atoms with Crippen molar-refractivity contribution in [1.29, 1.82) is 0 Å². The van der Waals surface area contributed by atoms with Crippen LogP contribution < -0.4 is 47.9 Å². The van der Waals surface area contributed by atoms with E-state index in [2.05, 4.69) is 20.5 Å². The fraction of sp³-hybridized carbons (Fsp3) is 0.500. The van der Waals surface area contributed by atoms with Gasteiger partial charge in [0.1, 0.15) is 42.0 Å². The number of primary amides is 1. The van der Waals surface area contributed by atoms with E-state index in [1.807, 2.05) is 16.0 Å². The Bertz CT molecular complexity index is 1930. The summed E-state index contributed by atoms with van der Waals surface area (Å²) in [5.41, 5.74) is 11.0. The lowest BCUT2D eigenvalue weighted by atomic mass is 10.0. The minimum absolute atomic E-state index is 0.132. The van der Waals surface area contributed by atoms with Gasteiger partial charge in [0.2, 0.25) is 41.4 Å². The summed E-state index contributed by atoms with van der Waals surface area (Å²) in [5.74, 6) is -15.3. The predicted octanol–water partition coefficient (Wildman–Crippen LogP) is -5.50. The number of aliphatic hydroxyl groups is 1. The molecule has 1 aromatic rings. The van der Waals surface area contributed by atoms with E-state index >= 15 is 0 Å². The van der Waals surface area contributed by atoms with Crippen molar-refractivity contribution in [1.82, 2.24) is 31.9 Å². The van der Waals surface area contributed by atoms with Crippen molar-refractivity contribution < 1.29 is 97.1 Å². The lowest BCUT2D eigenvalue weighted by Crippen LogP contribution is -2.61. The minimum atomic E-state index is -5.01. The molecule has 0 heterocycles. The number of carbonyl (C=O) groups is 11. The molecule has 1 aromatic carbocycles. The van der Waals surface area contributed by atoms with Crippen LogP contribution in [0.5, 0.6) is 5.75 Å². The lowest BCUT2D eigenvalue weighted by molar-refractivity contribution is -0.142. The molecule has 29 heteroatoms. The molecule has 0 aliphatic heterocycles. The van der Waals surface area contributed by atoms with E-state index in [4.69, 9.17) is 26.4 Å². The average molecular weight is 921 g/mol. The van der Waals surface area contributed by atoms with E-state index in [9.17, 15) is 77.7 Å². The van der Waals surface area contributed by atoms with Gasteiger partial charge in [-0.05, 0) is 44.4 Å². The standard InChI is InChI=1S/C34H49N8O20P/c1-14(34(57)58)37-33(56)27(15(2)43)42-32(55)20(11-16-3-5-17(6-4-16)62-63(59,60)61)40-29(52)19(8-10-25(47)48)38-30(53)21(12-23(36)44)41-31(54)22(13-26(49)50)39-28(51)18(35)7-9-24(45)46/h3-6,14-15,18-22,27,43H,7-13,35H2,1-2H3,(H2,36,44)(H,37,56)(H,38,53)(H,39,51)(H,40,52)(H,41,54)(H,42,55)(H,45,46)(H,47,48)(H,49,50)(H,57,58)(H2,59,60,61)/t14-,15+,18-,19-,20-,21-,22-,27-/m0/s1. The molecule has 0 saturated heterocycles. The van der Waals surface area contributed by atoms with Crippen molar-refractivity contribution in [2.75, 3.05) is 0 Å². The number of phosphoric acid groups is 1. The molecule has 0 aromatic heterocycles. The van der Waals surface area contributed by atoms with Crippen molar-refractivity contribution >= 4 is 73.1 Å². The monoisotopic (exact) mass is 920 g/mol. The Kier molecular flexibility index (Phi) is 21.8. The number of carbonyl (C=O) groups excluding carboxylic acids is 7. The Morgan fingerprint density at radius 2 is 1.08 bits per heavy atom. The van der Waals surface area contributed by atoms with Crippen LogP contribution in [0.1, 0.15) is 57.9 Å². The van der Waals surface area contributed by atoms with Crippen LogP contribution in [0.15, 0.2) is 24.3 Å². The van der Waals surface area contributed by atoms with Gasteiger partial charge in [0.15, 0.2) is 0 Å². The zero-order valence-electron chi connectivity index (χ0n) is 33.4. The summed E-state index contributed by atoms with van der Waals surface area (Å²) in [4.78, 5) is 155. The summed E-state index contributed by atoms with van der Waals surface area (Å²) in [7, 11) is -5.01. The quantitative estimate of drug-likeness (QED) is 0.0349. The van der Waals surface area contributed by atoms with Gasteiger partial charge in [0.05, 0.1) is 25.0 Å². The van der Waals surface area contributed by atoms with Gasteiger partial charge in [-0.2, -0.15) is 0 Å². The topological polar surface area (TPSA) is 480 Å². The van der Waals surface area contributed by atoms with Gasteiger partial charge in [-0.25, -0.2) is 4.57 Å². The largest absolute Gasteiger partial charge is 0.524 e. The summed E-state index contributed by atoms with van der Waals surface area (Å²) >= 11 is 0. The zero-order chi connectivity index (χ0) is 48.4. The summed E-state index contributed by atoms with van der Waals surface area (Å²) < 4.78 is 15.7. The van der Waals surface area contributed by atoms with Crippen molar-refractivity contribution in [2.24, 2.45) is 11.5 Å². The van der Waals surface area contributed by atoms with E-state index in [1.54, 1.807) is 0 Å². The van der Waals surface area contributed by atoms with Crippen LogP contribution in [0.3, 0.4) is 0 Å². The van der Waals surface area contributed by atoms with Crippen molar-refractivity contribution in [3.05, 3.63) is 29.8 Å². The molecule has 1 rings (SSSR count). The number of benzene rings is 1. The number of rotatable bonds is 28. The number of amides is 7. The van der Waals surface area contributed by atoms with Gasteiger partial charge in [-0.15, -0.1) is 0 Å². The Labute approximate surface area is 356 Å². The molecule has 0 spiro atoms. The van der Waals surface area contributed by atoms with Crippen LogP contribution in [0, 0.1) is 0 Å². The number of aliphatic carboxylic acids is 4. The van der Waals surface area contributed by atoms with Gasteiger partial charge >= 0.3 is 31.7 Å². The van der Waals surface area contributed by atoms with E-state index in [1.165, 1.54) is 12.1 Å². The van der Waals surface area contributed by atoms with Crippen LogP contribution in [0.4, 0.5) is 0 Å². The summed E-state index contributed by atoms with van der Waals surface area (Å²) in [5, 5.41) is 59.6. The normalized spacial score (nSPS) is 14.9. The van der Waals surface area contributed by atoms with Crippen molar-refractivity contribution in [3.8, 4) is 5.75 Å². The smallest absolute Gasteiger partial charge is 0.481 e. The summed E-state index contributed by atoms with van der Waals surface area (Å²) in [6, 6.07) is -8.18. The molecule has 0 bridgehead atoms. The number of nitrogens with two attached hydrogens (primary N) is 2. The SMILES string of the molecule is C[C@H](NC(=O)[C@@H](NC(=O)[C@H](Cc1ccc(OP(=O)(O)O)cc1)NC(=O)[C@H](CCC(=O)O)NC(=O)[C@H](CC(N)=O)NC(=O)[C@H](CC(=O)O)NC(=O)[C@@H](N)CCC(=O)O)[C@@H](C)O)C(=O)O. The second kappa shape index (κ2) is 25.3. The molecule has 350 valence electrons. The lowest BCUT2D eigenvalue weighted by Gasteiger charge is -2.28. The van der Waals surface area contributed by atoms with Crippen LogP contribution >= 0.6 is 7.82 Å². The van der Waals surface area contributed by atoms with E-state index < -0.39 is 166 Å². The molecule has 0 fully saturated rings. The third-order valence-electron chi connectivity index (χ3n) is 8.35.